The maximum absolute atomic E-state index is 7.29. The van der Waals surface area contributed by atoms with E-state index in [9.17, 15) is 0 Å². The molecule has 2 saturated carbocycles. The third kappa shape index (κ3) is 10.3. The third-order valence-corrected chi connectivity index (χ3v) is 3.53. The normalized spacial score (nSPS) is 34.6. The van der Waals surface area contributed by atoms with Crippen LogP contribution in [0.2, 0.25) is 0 Å². The number of halogens is 2. The standard InChI is InChI=1S/2C6H12N2.2ClH.Ni/c2*7-5-3-1-2-4-6(5)8;;;/h2*5-8H,1-4H2;2*1H;/q2*-2;;;+2/p-2. The van der Waals surface area contributed by atoms with Crippen molar-refractivity contribution in [1.29, 1.82) is 0 Å². The predicted octanol–water partition coefficient (Wildman–Crippen LogP) is 6.18. The summed E-state index contributed by atoms with van der Waals surface area (Å²) in [5.41, 5.74) is 29.2. The first-order chi connectivity index (χ1) is 9.02. The van der Waals surface area contributed by atoms with E-state index in [1.165, 1.54) is 25.7 Å². The molecule has 0 aromatic rings. The van der Waals surface area contributed by atoms with Crippen molar-refractivity contribution in [3.05, 3.63) is 22.9 Å². The molecule has 120 valence electrons. The monoisotopic (exact) mass is 352 g/mol. The quantitative estimate of drug-likeness (QED) is 0.464. The van der Waals surface area contributed by atoms with Crippen molar-refractivity contribution >= 4 is 20.4 Å². The molecule has 2 aliphatic carbocycles. The molecule has 4 nitrogen and oxygen atoms in total. The SMILES string of the molecule is [Cl][Ni][Cl].[NH-]C1CCCCC1[NH-].[NH-]C1CCCCC1[NH-]. The molecule has 2 rings (SSSR count). The number of nitrogens with one attached hydrogen (secondary N) is 4. The zero-order valence-electron chi connectivity index (χ0n) is 11.0. The molecule has 0 heterocycles. The van der Waals surface area contributed by atoms with Crippen LogP contribution in [0.1, 0.15) is 51.4 Å². The van der Waals surface area contributed by atoms with Crippen LogP contribution in [0.5, 0.6) is 0 Å². The van der Waals surface area contributed by atoms with Crippen molar-refractivity contribution < 1.29 is 12.7 Å². The molecule has 0 bridgehead atoms. The van der Waals surface area contributed by atoms with Crippen LogP contribution >= 0.6 is 20.4 Å². The second-order valence-corrected chi connectivity index (χ2v) is 6.67. The maximum atomic E-state index is 7.29. The molecule has 0 aromatic heterocycles. The van der Waals surface area contributed by atoms with Crippen LogP contribution in [0, 0.1) is 0 Å². The summed E-state index contributed by atoms with van der Waals surface area (Å²) in [5, 5.41) is 0. The van der Waals surface area contributed by atoms with E-state index in [0.29, 0.717) is 12.7 Å². The van der Waals surface area contributed by atoms with E-state index < -0.39 is 0 Å². The van der Waals surface area contributed by atoms with Gasteiger partial charge in [-0.3, -0.25) is 0 Å². The molecule has 4 N–H and O–H groups in total. The average molecular weight is 354 g/mol. The Kier molecular flexibility index (Phi) is 13.2. The van der Waals surface area contributed by atoms with Gasteiger partial charge in [-0.05, 0) is 0 Å². The summed E-state index contributed by atoms with van der Waals surface area (Å²) in [6.07, 6.45) is 8.49. The molecule has 0 amide bonds. The Hall–Kier alpha value is 0.914. The molecule has 4 unspecified atom stereocenters. The minimum atomic E-state index is -0.0799. The van der Waals surface area contributed by atoms with Crippen LogP contribution < -0.4 is 0 Å². The number of hydrogen-bond acceptors (Lipinski definition) is 0. The zero-order chi connectivity index (χ0) is 14.7. The summed E-state index contributed by atoms with van der Waals surface area (Å²) in [6, 6.07) is -0.319. The molecular weight excluding hydrogens is 330 g/mol. The number of hydrogen-bond donors (Lipinski definition) is 0. The molecule has 2 fully saturated rings. The van der Waals surface area contributed by atoms with E-state index in [1.54, 1.807) is 0 Å². The maximum Gasteiger partial charge on any atom is -0.0548 e. The third-order valence-electron chi connectivity index (χ3n) is 3.53. The molecule has 2 aliphatic rings. The van der Waals surface area contributed by atoms with Crippen molar-refractivity contribution in [2.75, 3.05) is 0 Å². The first-order valence-electron chi connectivity index (χ1n) is 6.69. The van der Waals surface area contributed by atoms with E-state index in [4.69, 9.17) is 43.3 Å². The van der Waals surface area contributed by atoms with Gasteiger partial charge in [0.1, 0.15) is 0 Å². The first kappa shape index (κ1) is 19.9. The molecule has 0 aromatic carbocycles. The van der Waals surface area contributed by atoms with Crippen molar-refractivity contribution in [3.8, 4) is 0 Å². The van der Waals surface area contributed by atoms with Crippen LogP contribution in [0.3, 0.4) is 0 Å². The van der Waals surface area contributed by atoms with Gasteiger partial charge in [-0.1, -0.05) is 51.4 Å². The van der Waals surface area contributed by atoms with Crippen molar-refractivity contribution in [2.24, 2.45) is 0 Å². The first-order valence-corrected chi connectivity index (χ1v) is 9.41. The predicted molar refractivity (Wildman–Crippen MR) is 81.1 cm³/mol. The van der Waals surface area contributed by atoms with Gasteiger partial charge in [0.05, 0.1) is 0 Å². The molecule has 19 heavy (non-hydrogen) atoms. The Labute approximate surface area is 131 Å². The second kappa shape index (κ2) is 12.6. The van der Waals surface area contributed by atoms with Crippen LogP contribution in [0.15, 0.2) is 0 Å². The fourth-order valence-corrected chi connectivity index (χ4v) is 2.26. The van der Waals surface area contributed by atoms with E-state index >= 15 is 0 Å². The van der Waals surface area contributed by atoms with E-state index in [0.717, 1.165) is 25.7 Å². The van der Waals surface area contributed by atoms with Crippen LogP contribution in [0.4, 0.5) is 0 Å². The van der Waals surface area contributed by atoms with Gasteiger partial charge >= 0.3 is 33.0 Å². The van der Waals surface area contributed by atoms with Crippen molar-refractivity contribution in [1.82, 2.24) is 0 Å². The van der Waals surface area contributed by atoms with Crippen molar-refractivity contribution in [3.63, 3.8) is 0 Å². The molecule has 0 saturated heterocycles. The summed E-state index contributed by atoms with van der Waals surface area (Å²) in [4.78, 5) is 0. The second-order valence-electron chi connectivity index (χ2n) is 5.04. The van der Waals surface area contributed by atoms with E-state index in [-0.39, 0.29) is 24.2 Å². The Balaban J connectivity index is 0.000000284. The smallest absolute Gasteiger partial charge is 0.0548 e. The van der Waals surface area contributed by atoms with Gasteiger partial charge in [0.15, 0.2) is 0 Å². The number of rotatable bonds is 0. The summed E-state index contributed by atoms with van der Waals surface area (Å²) < 4.78 is 0. The zero-order valence-corrected chi connectivity index (χ0v) is 13.5. The molecule has 0 radical (unpaired) electrons. The minimum Gasteiger partial charge on any atom is -0.676 e. The fourth-order valence-electron chi connectivity index (χ4n) is 2.26. The average Bonchev–Trinajstić information content (AvgIpc) is 2.38. The van der Waals surface area contributed by atoms with Gasteiger partial charge in [-0.2, -0.15) is 24.2 Å². The van der Waals surface area contributed by atoms with Crippen molar-refractivity contribution in [2.45, 2.75) is 75.5 Å². The Morgan fingerprint density at radius 1 is 0.579 bits per heavy atom. The summed E-state index contributed by atoms with van der Waals surface area (Å²) >= 11 is 0.569. The van der Waals surface area contributed by atoms with Crippen LogP contribution in [-0.2, 0) is 12.7 Å². The Bertz CT molecular complexity index is 172. The Morgan fingerprint density at radius 3 is 0.842 bits per heavy atom. The van der Waals surface area contributed by atoms with Gasteiger partial charge in [-0.15, -0.1) is 0 Å². The molecule has 0 aliphatic heterocycles. The van der Waals surface area contributed by atoms with Crippen LogP contribution in [-0.4, -0.2) is 24.2 Å². The van der Waals surface area contributed by atoms with Gasteiger partial charge in [0, 0.05) is 0 Å². The molecular formula is C12H24Cl2N4Ni-4. The Morgan fingerprint density at radius 2 is 0.737 bits per heavy atom. The largest absolute Gasteiger partial charge is 0.676 e. The van der Waals surface area contributed by atoms with Gasteiger partial charge in [0.2, 0.25) is 0 Å². The van der Waals surface area contributed by atoms with Gasteiger partial charge in [-0.25, -0.2) is 0 Å². The molecule has 0 spiro atoms. The summed E-state index contributed by atoms with van der Waals surface area (Å²) in [5.74, 6) is 0. The summed E-state index contributed by atoms with van der Waals surface area (Å²) in [7, 11) is 9.40. The van der Waals surface area contributed by atoms with Gasteiger partial charge < -0.3 is 22.9 Å². The van der Waals surface area contributed by atoms with Crippen LogP contribution in [0.25, 0.3) is 22.9 Å². The topological polar surface area (TPSA) is 95.2 Å². The molecule has 4 atom stereocenters. The fraction of sp³-hybridized carbons (Fsp3) is 1.00. The molecule has 7 heteroatoms. The van der Waals surface area contributed by atoms with E-state index in [1.807, 2.05) is 0 Å². The van der Waals surface area contributed by atoms with E-state index in [2.05, 4.69) is 0 Å². The van der Waals surface area contributed by atoms with Gasteiger partial charge in [0.25, 0.3) is 0 Å². The minimum absolute atomic E-state index is 0.0799. The summed E-state index contributed by atoms with van der Waals surface area (Å²) in [6.45, 7) is 0.